The number of aromatic carboxylic acids is 4. The van der Waals surface area contributed by atoms with Crippen molar-refractivity contribution in [3.63, 3.8) is 0 Å². The predicted molar refractivity (Wildman–Crippen MR) is 212 cm³/mol. The molecule has 0 unspecified atom stereocenters. The van der Waals surface area contributed by atoms with Crippen LogP contribution in [0.1, 0.15) is 41.4 Å². The van der Waals surface area contributed by atoms with E-state index in [1.54, 1.807) is 24.3 Å². The molecule has 0 aliphatic carbocycles. The van der Waals surface area contributed by atoms with Crippen molar-refractivity contribution in [2.24, 2.45) is 20.5 Å². The van der Waals surface area contributed by atoms with Crippen molar-refractivity contribution in [3.05, 3.63) is 130 Å². The first-order chi connectivity index (χ1) is 28.7. The van der Waals surface area contributed by atoms with Crippen LogP contribution >= 0.6 is 23.2 Å². The maximum atomic E-state index is 12.1. The number of aromatic nitrogens is 4. The maximum absolute atomic E-state index is 12.1. The van der Waals surface area contributed by atoms with Crippen molar-refractivity contribution >= 4 is 113 Å². The molecule has 0 amide bonds. The molecule has 8 aromatic rings. The molecule has 18 nitrogen and oxygen atoms in total. The van der Waals surface area contributed by atoms with Gasteiger partial charge in [0, 0.05) is 40.2 Å². The van der Waals surface area contributed by atoms with Gasteiger partial charge in [-0.3, -0.25) is 0 Å². The van der Waals surface area contributed by atoms with Gasteiger partial charge in [-0.05, 0) is 94.3 Å². The number of hydrogen-bond donors (Lipinski definition) is 4. The van der Waals surface area contributed by atoms with E-state index in [4.69, 9.17) is 33.4 Å². The van der Waals surface area contributed by atoms with E-state index in [1.807, 2.05) is 0 Å². The summed E-state index contributed by atoms with van der Waals surface area (Å²) in [6.45, 7) is 0. The van der Waals surface area contributed by atoms with Gasteiger partial charge in [-0.25, -0.2) is 39.1 Å². The number of hydrogen-bond acceptors (Lipinski definition) is 14. The second-order valence-electron chi connectivity index (χ2n) is 12.4. The minimum atomic E-state index is -1.30. The van der Waals surface area contributed by atoms with Crippen LogP contribution in [0.2, 0.25) is 10.3 Å². The molecule has 0 saturated heterocycles. The van der Waals surface area contributed by atoms with Gasteiger partial charge in [-0.15, -0.1) is 20.5 Å². The summed E-state index contributed by atoms with van der Waals surface area (Å²) in [5.41, 5.74) is 0.280. The summed E-state index contributed by atoms with van der Waals surface area (Å²) in [7, 11) is 0. The van der Waals surface area contributed by atoms with Gasteiger partial charge in [0.05, 0.1) is 33.3 Å². The third-order valence-electron chi connectivity index (χ3n) is 8.70. The van der Waals surface area contributed by atoms with Crippen LogP contribution in [0.5, 0.6) is 11.5 Å². The molecule has 304 valence electrons. The Bertz CT molecular complexity index is 2990. The van der Waals surface area contributed by atoms with E-state index in [0.29, 0.717) is 21.5 Å². The summed E-state index contributed by atoms with van der Waals surface area (Å²) in [5, 5.41) is 79.3. The molecule has 0 fully saturated rings. The summed E-state index contributed by atoms with van der Waals surface area (Å²) in [6, 6.07) is 19.9. The minimum absolute atomic E-state index is 0. The smallest absolute Gasteiger partial charge is 0.338 e. The van der Waals surface area contributed by atoms with Crippen LogP contribution in [0.25, 0.3) is 43.4 Å². The topological polar surface area (TPSA) is 296 Å². The van der Waals surface area contributed by atoms with E-state index in [9.17, 15) is 39.6 Å². The van der Waals surface area contributed by atoms with Crippen molar-refractivity contribution in [1.82, 2.24) is 19.9 Å². The fourth-order valence-corrected chi connectivity index (χ4v) is 6.25. The fraction of sp³-hybridized carbons (Fsp3) is 0. The first kappa shape index (κ1) is 42.9. The molecule has 0 radical (unpaired) electrons. The molecular formula is C40H20Cl2FeN8O10-2. The van der Waals surface area contributed by atoms with E-state index in [0.717, 1.165) is 12.1 Å². The normalized spacial score (nSPS) is 11.2. The molecule has 4 aromatic carbocycles. The van der Waals surface area contributed by atoms with Crippen LogP contribution in [0, 0.1) is 0 Å². The maximum Gasteiger partial charge on any atom is 0.338 e. The quantitative estimate of drug-likeness (QED) is 0.0630. The van der Waals surface area contributed by atoms with Crippen LogP contribution in [0.4, 0.5) is 23.0 Å². The first-order valence-electron chi connectivity index (χ1n) is 16.8. The third-order valence-corrected chi connectivity index (χ3v) is 9.28. The molecule has 0 atom stereocenters. The largest absolute Gasteiger partial charge is 0.872 e. The van der Waals surface area contributed by atoms with Gasteiger partial charge < -0.3 is 30.6 Å². The number of carboxylic acid groups (broad SMARTS) is 4. The first-order valence-corrected chi connectivity index (χ1v) is 17.6. The van der Waals surface area contributed by atoms with Crippen molar-refractivity contribution in [3.8, 4) is 11.5 Å². The summed E-state index contributed by atoms with van der Waals surface area (Å²) in [5.74, 6) is -5.10. The van der Waals surface area contributed by atoms with Crippen molar-refractivity contribution < 1.29 is 66.9 Å². The molecule has 4 heterocycles. The van der Waals surface area contributed by atoms with Crippen LogP contribution < -0.4 is 10.2 Å². The number of pyridine rings is 4. The van der Waals surface area contributed by atoms with Gasteiger partial charge in [0.15, 0.2) is 11.6 Å². The van der Waals surface area contributed by atoms with E-state index in [-0.39, 0.29) is 94.4 Å². The van der Waals surface area contributed by atoms with Gasteiger partial charge in [0.25, 0.3) is 0 Å². The molecule has 0 saturated carbocycles. The molecule has 0 bridgehead atoms. The number of halogens is 2. The Labute approximate surface area is 360 Å². The summed E-state index contributed by atoms with van der Waals surface area (Å²) < 4.78 is 0. The average Bonchev–Trinajstić information content (AvgIpc) is 3.22. The van der Waals surface area contributed by atoms with Crippen molar-refractivity contribution in [2.75, 3.05) is 0 Å². The number of carboxylic acids is 4. The zero-order valence-corrected chi connectivity index (χ0v) is 32.8. The molecule has 0 spiro atoms. The number of benzene rings is 4. The van der Waals surface area contributed by atoms with Gasteiger partial charge in [-0.1, -0.05) is 46.8 Å². The second kappa shape index (κ2) is 17.7. The number of azo groups is 2. The average molecular weight is 899 g/mol. The van der Waals surface area contributed by atoms with E-state index in [2.05, 4.69) is 40.4 Å². The standard InChI is InChI=1S/2C20H11ClN4O5.Fe/c2*21-17-13(20(29)30)8-12-15(26)4-3-14(16(12)23-17)24-25-18-11-2-1-10(19(27)28)7-9(11)5-6-22-18;/h2*1-8,26H,(H,27,28)(H,29,30);/p-2. The predicted octanol–water partition coefficient (Wildman–Crippen LogP) is 8.64. The Balaban J connectivity index is 0.000000201. The third kappa shape index (κ3) is 8.85. The van der Waals surface area contributed by atoms with Gasteiger partial charge in [0.2, 0.25) is 0 Å². The summed E-state index contributed by atoms with van der Waals surface area (Å²) >= 11 is 11.9. The second-order valence-corrected chi connectivity index (χ2v) is 13.1. The van der Waals surface area contributed by atoms with Gasteiger partial charge in [-0.2, -0.15) is 0 Å². The molecule has 4 aromatic heterocycles. The molecule has 21 heteroatoms. The van der Waals surface area contributed by atoms with Crippen molar-refractivity contribution in [1.29, 1.82) is 0 Å². The number of fused-ring (bicyclic) bond motifs is 4. The van der Waals surface area contributed by atoms with Gasteiger partial charge in [0.1, 0.15) is 21.7 Å². The number of carbonyl (C=O) groups is 4. The molecule has 0 aliphatic rings. The molecule has 4 N–H and O–H groups in total. The van der Waals surface area contributed by atoms with E-state index >= 15 is 0 Å². The summed E-state index contributed by atoms with van der Waals surface area (Å²) in [4.78, 5) is 61.1. The summed E-state index contributed by atoms with van der Waals surface area (Å²) in [6.07, 6.45) is 2.94. The number of rotatable bonds is 8. The number of nitrogens with zero attached hydrogens (tertiary/aromatic N) is 8. The van der Waals surface area contributed by atoms with E-state index < -0.39 is 35.4 Å². The monoisotopic (exact) mass is 898 g/mol. The van der Waals surface area contributed by atoms with Crippen LogP contribution in [-0.4, -0.2) is 64.2 Å². The Hall–Kier alpha value is -7.70. The Kier molecular flexibility index (Phi) is 12.4. The van der Waals surface area contributed by atoms with Crippen LogP contribution in [-0.2, 0) is 17.1 Å². The van der Waals surface area contributed by atoms with Crippen LogP contribution in [0.3, 0.4) is 0 Å². The zero-order valence-electron chi connectivity index (χ0n) is 30.2. The molecular weight excluding hydrogens is 879 g/mol. The Morgan fingerprint density at radius 3 is 1.25 bits per heavy atom. The molecule has 61 heavy (non-hydrogen) atoms. The Morgan fingerprint density at radius 1 is 0.492 bits per heavy atom. The SMILES string of the molecule is O=C(O)c1ccc2c(N=Nc3ccc([O-])c4cc(C(=O)O)c(Cl)nc34)nccc2c1.O=C(O)c1ccc2c(N=Nc3ccc([O-])c4cc(C(=O)O)c(Cl)nc34)nccc2c1.[Fe]. The van der Waals surface area contributed by atoms with E-state index in [1.165, 1.54) is 60.9 Å². The van der Waals surface area contributed by atoms with Gasteiger partial charge >= 0.3 is 23.9 Å². The van der Waals surface area contributed by atoms with Crippen LogP contribution in [0.15, 0.2) is 118 Å². The van der Waals surface area contributed by atoms with Crippen molar-refractivity contribution in [2.45, 2.75) is 0 Å². The molecule has 8 rings (SSSR count). The Morgan fingerprint density at radius 2 is 0.885 bits per heavy atom. The fourth-order valence-electron chi connectivity index (χ4n) is 5.81. The minimum Gasteiger partial charge on any atom is -0.872 e. The zero-order chi connectivity index (χ0) is 42.8. The molecule has 0 aliphatic heterocycles.